The number of aromatic nitrogens is 1. The van der Waals surface area contributed by atoms with E-state index < -0.39 is 13.0 Å². The molecule has 1 aromatic rings. The minimum absolute atomic E-state index is 0.0457. The van der Waals surface area contributed by atoms with Crippen molar-refractivity contribution in [3.05, 3.63) is 17.7 Å². The average molecular weight is 219 g/mol. The maximum Gasteiger partial charge on any atom is 0.272 e. The highest BCUT2D eigenvalue weighted by atomic mass is 19.3. The van der Waals surface area contributed by atoms with E-state index >= 15 is 0 Å². The predicted molar refractivity (Wildman–Crippen MR) is 48.2 cm³/mol. The summed E-state index contributed by atoms with van der Waals surface area (Å²) in [4.78, 5) is 3.80. The number of ether oxygens (including phenoxy) is 2. The Kier molecular flexibility index (Phi) is 4.23. The van der Waals surface area contributed by atoms with Crippen LogP contribution in [-0.2, 0) is 6.61 Å². The number of alkyl halides is 2. The van der Waals surface area contributed by atoms with Crippen LogP contribution in [0.1, 0.15) is 5.56 Å². The molecule has 1 rings (SSSR count). The van der Waals surface area contributed by atoms with Crippen molar-refractivity contribution in [1.29, 1.82) is 0 Å². The van der Waals surface area contributed by atoms with Crippen molar-refractivity contribution >= 4 is 0 Å². The second kappa shape index (κ2) is 5.45. The van der Waals surface area contributed by atoms with Gasteiger partial charge >= 0.3 is 0 Å². The van der Waals surface area contributed by atoms with Crippen LogP contribution in [0.25, 0.3) is 0 Å². The fraction of sp³-hybridized carbons (Fsp3) is 0.444. The molecule has 0 aliphatic heterocycles. The summed E-state index contributed by atoms with van der Waals surface area (Å²) in [7, 11) is 1.37. The van der Waals surface area contributed by atoms with Crippen molar-refractivity contribution in [3.63, 3.8) is 0 Å². The van der Waals surface area contributed by atoms with Crippen molar-refractivity contribution in [1.82, 2.24) is 4.98 Å². The van der Waals surface area contributed by atoms with Crippen molar-refractivity contribution in [2.24, 2.45) is 0 Å². The molecule has 0 aliphatic rings. The predicted octanol–water partition coefficient (Wildman–Crippen LogP) is 1.23. The van der Waals surface area contributed by atoms with Crippen LogP contribution in [0.5, 0.6) is 11.8 Å². The number of aliphatic hydroxyl groups excluding tert-OH is 1. The second-order valence-electron chi connectivity index (χ2n) is 2.68. The maximum atomic E-state index is 11.8. The van der Waals surface area contributed by atoms with Gasteiger partial charge in [0.25, 0.3) is 6.43 Å². The smallest absolute Gasteiger partial charge is 0.272 e. The molecule has 4 nitrogen and oxygen atoms in total. The molecule has 0 saturated carbocycles. The molecular formula is C9H11F2NO3. The van der Waals surface area contributed by atoms with Crippen LogP contribution in [0.4, 0.5) is 8.78 Å². The standard InChI is InChI=1S/C9H11F2NO3/c1-14-9-6(4-13)2-3-8(12-9)15-5-7(10)11/h2-3,7,13H,4-5H2,1H3. The lowest BCUT2D eigenvalue weighted by molar-refractivity contribution is 0.0791. The highest BCUT2D eigenvalue weighted by Gasteiger charge is 2.08. The van der Waals surface area contributed by atoms with Crippen molar-refractivity contribution in [3.8, 4) is 11.8 Å². The van der Waals surface area contributed by atoms with Gasteiger partial charge in [0, 0.05) is 11.6 Å². The molecule has 0 amide bonds. The van der Waals surface area contributed by atoms with Crippen LogP contribution in [0.3, 0.4) is 0 Å². The first kappa shape index (κ1) is 11.6. The summed E-state index contributed by atoms with van der Waals surface area (Å²) in [5.41, 5.74) is 0.474. The van der Waals surface area contributed by atoms with Gasteiger partial charge in [-0.2, -0.15) is 4.98 Å². The van der Waals surface area contributed by atoms with E-state index in [0.29, 0.717) is 5.56 Å². The molecule has 0 saturated heterocycles. The highest BCUT2D eigenvalue weighted by molar-refractivity contribution is 5.29. The van der Waals surface area contributed by atoms with Crippen LogP contribution >= 0.6 is 0 Å². The molecule has 84 valence electrons. The van der Waals surface area contributed by atoms with Gasteiger partial charge in [-0.15, -0.1) is 0 Å². The number of halogens is 2. The molecule has 1 heterocycles. The van der Waals surface area contributed by atoms with E-state index in [1.807, 2.05) is 0 Å². The fourth-order valence-electron chi connectivity index (χ4n) is 0.978. The Hall–Kier alpha value is -1.43. The second-order valence-corrected chi connectivity index (χ2v) is 2.68. The fourth-order valence-corrected chi connectivity index (χ4v) is 0.978. The lowest BCUT2D eigenvalue weighted by atomic mass is 10.3. The van der Waals surface area contributed by atoms with Gasteiger partial charge in [-0.3, -0.25) is 0 Å². The Labute approximate surface area is 85.5 Å². The molecule has 0 aromatic carbocycles. The Balaban J connectivity index is 2.74. The summed E-state index contributed by atoms with van der Waals surface area (Å²) < 4.78 is 33.2. The number of hydrogen-bond acceptors (Lipinski definition) is 4. The number of rotatable bonds is 5. The summed E-state index contributed by atoms with van der Waals surface area (Å²) in [5.74, 6) is 0.216. The molecule has 0 atom stereocenters. The number of pyridine rings is 1. The van der Waals surface area contributed by atoms with Gasteiger partial charge in [-0.25, -0.2) is 8.78 Å². The number of methoxy groups -OCH3 is 1. The SMILES string of the molecule is COc1nc(OCC(F)F)ccc1CO. The van der Waals surface area contributed by atoms with Gasteiger partial charge < -0.3 is 14.6 Å². The zero-order valence-corrected chi connectivity index (χ0v) is 8.11. The van der Waals surface area contributed by atoms with Crippen LogP contribution < -0.4 is 9.47 Å². The van der Waals surface area contributed by atoms with Gasteiger partial charge in [-0.1, -0.05) is 0 Å². The monoisotopic (exact) mass is 219 g/mol. The third-order valence-corrected chi connectivity index (χ3v) is 1.63. The number of nitrogens with zero attached hydrogens (tertiary/aromatic N) is 1. The Bertz CT molecular complexity index is 320. The minimum Gasteiger partial charge on any atom is -0.481 e. The molecule has 0 radical (unpaired) electrons. The largest absolute Gasteiger partial charge is 0.481 e. The molecule has 1 N–H and O–H groups in total. The van der Waals surface area contributed by atoms with Crippen LogP contribution in [0.2, 0.25) is 0 Å². The topological polar surface area (TPSA) is 51.6 Å². The highest BCUT2D eigenvalue weighted by Crippen LogP contribution is 2.19. The zero-order valence-electron chi connectivity index (χ0n) is 8.11. The van der Waals surface area contributed by atoms with Crippen LogP contribution in [-0.4, -0.2) is 30.2 Å². The number of hydrogen-bond donors (Lipinski definition) is 1. The minimum atomic E-state index is -2.55. The van der Waals surface area contributed by atoms with Crippen molar-refractivity contribution in [2.75, 3.05) is 13.7 Å². The molecule has 0 spiro atoms. The molecule has 0 aliphatic carbocycles. The molecule has 0 bridgehead atoms. The van der Waals surface area contributed by atoms with Crippen molar-refractivity contribution in [2.45, 2.75) is 13.0 Å². The van der Waals surface area contributed by atoms with Gasteiger partial charge in [0.15, 0.2) is 6.61 Å². The summed E-state index contributed by atoms with van der Waals surface area (Å²) in [6, 6.07) is 2.91. The van der Waals surface area contributed by atoms with Crippen molar-refractivity contribution < 1.29 is 23.4 Å². The summed E-state index contributed by atoms with van der Waals surface area (Å²) in [5, 5.41) is 8.88. The summed E-state index contributed by atoms with van der Waals surface area (Å²) in [6.45, 7) is -0.945. The normalized spacial score (nSPS) is 10.5. The Morgan fingerprint density at radius 3 is 2.73 bits per heavy atom. The van der Waals surface area contributed by atoms with E-state index in [1.54, 1.807) is 0 Å². The van der Waals surface area contributed by atoms with E-state index in [2.05, 4.69) is 9.72 Å². The van der Waals surface area contributed by atoms with Gasteiger partial charge in [-0.05, 0) is 6.07 Å². The molecular weight excluding hydrogens is 208 g/mol. The summed E-state index contributed by atoms with van der Waals surface area (Å²) in [6.07, 6.45) is -2.55. The molecule has 1 aromatic heterocycles. The van der Waals surface area contributed by atoms with Gasteiger partial charge in [0.1, 0.15) is 0 Å². The van der Waals surface area contributed by atoms with Gasteiger partial charge in [0.05, 0.1) is 13.7 Å². The first-order chi connectivity index (χ1) is 7.17. The van der Waals surface area contributed by atoms with E-state index in [-0.39, 0.29) is 18.4 Å². The third-order valence-electron chi connectivity index (χ3n) is 1.63. The van der Waals surface area contributed by atoms with E-state index in [1.165, 1.54) is 19.2 Å². The van der Waals surface area contributed by atoms with Crippen LogP contribution in [0, 0.1) is 0 Å². The third kappa shape index (κ3) is 3.32. The molecule has 0 unspecified atom stereocenters. The van der Waals surface area contributed by atoms with Crippen LogP contribution in [0.15, 0.2) is 12.1 Å². The molecule has 15 heavy (non-hydrogen) atoms. The molecule has 0 fully saturated rings. The first-order valence-corrected chi connectivity index (χ1v) is 4.23. The Morgan fingerprint density at radius 2 is 2.20 bits per heavy atom. The first-order valence-electron chi connectivity index (χ1n) is 4.23. The average Bonchev–Trinajstić information content (AvgIpc) is 2.25. The Morgan fingerprint density at radius 1 is 1.47 bits per heavy atom. The lowest BCUT2D eigenvalue weighted by Crippen LogP contribution is -2.08. The van der Waals surface area contributed by atoms with E-state index in [4.69, 9.17) is 9.84 Å². The zero-order chi connectivity index (χ0) is 11.3. The van der Waals surface area contributed by atoms with E-state index in [9.17, 15) is 8.78 Å². The number of aliphatic hydroxyl groups is 1. The quantitative estimate of drug-likeness (QED) is 0.809. The summed E-state index contributed by atoms with van der Waals surface area (Å²) >= 11 is 0. The van der Waals surface area contributed by atoms with Gasteiger partial charge in [0.2, 0.25) is 11.8 Å². The molecule has 6 heteroatoms. The lowest BCUT2D eigenvalue weighted by Gasteiger charge is -2.08. The maximum absolute atomic E-state index is 11.8. The van der Waals surface area contributed by atoms with E-state index in [0.717, 1.165) is 0 Å².